The fraction of sp³-hybridized carbons (Fsp3) is 0.588. The summed E-state index contributed by atoms with van der Waals surface area (Å²) in [5.41, 5.74) is 0. The van der Waals surface area contributed by atoms with Gasteiger partial charge in [-0.25, -0.2) is 0 Å². The number of hydrogen-bond acceptors (Lipinski definition) is 4. The molecule has 21 heavy (non-hydrogen) atoms. The van der Waals surface area contributed by atoms with Crippen LogP contribution in [-0.2, 0) is 14.3 Å². The summed E-state index contributed by atoms with van der Waals surface area (Å²) in [5, 5.41) is 0. The van der Waals surface area contributed by atoms with Gasteiger partial charge in [-0.1, -0.05) is 18.2 Å². The number of ether oxygens (including phenoxy) is 3. The molecule has 116 valence electrons. The standard InChI is InChI=1S/C17H24O4/c1-2-19-17(18)14-8-10-16(11-9-14)21-13-12-20-15-6-4-3-5-7-15/h3-7,14,16H,2,8-13H2,1H3. The number of para-hydroxylation sites is 1. The van der Waals surface area contributed by atoms with Gasteiger partial charge in [0.2, 0.25) is 0 Å². The maximum atomic E-state index is 11.6. The second kappa shape index (κ2) is 8.67. The molecule has 0 bridgehead atoms. The molecular formula is C17H24O4. The number of benzene rings is 1. The number of carbonyl (C=O) groups is 1. The summed E-state index contributed by atoms with van der Waals surface area (Å²) < 4.78 is 16.5. The van der Waals surface area contributed by atoms with Gasteiger partial charge in [0, 0.05) is 0 Å². The van der Waals surface area contributed by atoms with Crippen molar-refractivity contribution in [3.05, 3.63) is 30.3 Å². The first-order valence-corrected chi connectivity index (χ1v) is 7.75. The van der Waals surface area contributed by atoms with Crippen molar-refractivity contribution >= 4 is 5.97 Å². The quantitative estimate of drug-likeness (QED) is 0.572. The molecule has 1 aromatic rings. The number of rotatable bonds is 7. The lowest BCUT2D eigenvalue weighted by Crippen LogP contribution is -2.28. The monoisotopic (exact) mass is 292 g/mol. The first-order chi connectivity index (χ1) is 10.3. The van der Waals surface area contributed by atoms with Gasteiger partial charge in [-0.15, -0.1) is 0 Å². The zero-order valence-electron chi connectivity index (χ0n) is 12.6. The summed E-state index contributed by atoms with van der Waals surface area (Å²) in [6, 6.07) is 9.74. The van der Waals surface area contributed by atoms with Gasteiger partial charge in [-0.2, -0.15) is 0 Å². The molecule has 1 aromatic carbocycles. The van der Waals surface area contributed by atoms with E-state index in [1.807, 2.05) is 37.3 Å². The predicted octanol–water partition coefficient (Wildman–Crippen LogP) is 3.20. The highest BCUT2D eigenvalue weighted by molar-refractivity contribution is 5.72. The van der Waals surface area contributed by atoms with Gasteiger partial charge in [0.1, 0.15) is 12.4 Å². The third-order valence-corrected chi connectivity index (χ3v) is 3.74. The van der Waals surface area contributed by atoms with Crippen LogP contribution in [0.15, 0.2) is 30.3 Å². The summed E-state index contributed by atoms with van der Waals surface area (Å²) in [5.74, 6) is 0.876. The van der Waals surface area contributed by atoms with Crippen LogP contribution in [0.4, 0.5) is 0 Å². The molecule has 0 radical (unpaired) electrons. The lowest BCUT2D eigenvalue weighted by molar-refractivity contribution is -0.150. The van der Waals surface area contributed by atoms with Crippen LogP contribution in [0.2, 0.25) is 0 Å². The van der Waals surface area contributed by atoms with Gasteiger partial charge >= 0.3 is 5.97 Å². The summed E-state index contributed by atoms with van der Waals surface area (Å²) in [6.07, 6.45) is 3.82. The average molecular weight is 292 g/mol. The number of carbonyl (C=O) groups excluding carboxylic acids is 1. The van der Waals surface area contributed by atoms with E-state index < -0.39 is 0 Å². The van der Waals surface area contributed by atoms with Crippen LogP contribution in [0.25, 0.3) is 0 Å². The summed E-state index contributed by atoms with van der Waals surface area (Å²) in [6.45, 7) is 3.46. The van der Waals surface area contributed by atoms with Crippen molar-refractivity contribution in [2.75, 3.05) is 19.8 Å². The molecule has 4 heteroatoms. The van der Waals surface area contributed by atoms with E-state index in [9.17, 15) is 4.79 Å². The summed E-state index contributed by atoms with van der Waals surface area (Å²) >= 11 is 0. The van der Waals surface area contributed by atoms with E-state index >= 15 is 0 Å². The minimum Gasteiger partial charge on any atom is -0.491 e. The van der Waals surface area contributed by atoms with E-state index in [1.54, 1.807) is 0 Å². The molecule has 0 unspecified atom stereocenters. The van der Waals surface area contributed by atoms with Crippen molar-refractivity contribution in [1.82, 2.24) is 0 Å². The molecule has 1 fully saturated rings. The molecule has 0 heterocycles. The van der Waals surface area contributed by atoms with Crippen molar-refractivity contribution in [2.24, 2.45) is 5.92 Å². The summed E-state index contributed by atoms with van der Waals surface area (Å²) in [7, 11) is 0. The average Bonchev–Trinajstić information content (AvgIpc) is 2.53. The largest absolute Gasteiger partial charge is 0.491 e. The van der Waals surface area contributed by atoms with Crippen LogP contribution < -0.4 is 4.74 Å². The zero-order chi connectivity index (χ0) is 14.9. The SMILES string of the molecule is CCOC(=O)C1CCC(OCCOc2ccccc2)CC1. The Bertz CT molecular complexity index is 410. The molecule has 1 aliphatic carbocycles. The molecule has 4 nitrogen and oxygen atoms in total. The van der Waals surface area contributed by atoms with E-state index in [-0.39, 0.29) is 18.0 Å². The Hall–Kier alpha value is -1.55. The van der Waals surface area contributed by atoms with Crippen LogP contribution >= 0.6 is 0 Å². The Labute approximate surface area is 126 Å². The zero-order valence-corrected chi connectivity index (χ0v) is 12.6. The van der Waals surface area contributed by atoms with Crippen molar-refractivity contribution in [3.63, 3.8) is 0 Å². The Balaban J connectivity index is 1.58. The van der Waals surface area contributed by atoms with Crippen molar-refractivity contribution in [3.8, 4) is 5.75 Å². The Morgan fingerprint density at radius 1 is 1.10 bits per heavy atom. The second-order valence-electron chi connectivity index (χ2n) is 5.26. The maximum absolute atomic E-state index is 11.6. The lowest BCUT2D eigenvalue weighted by atomic mass is 9.87. The van der Waals surface area contributed by atoms with E-state index in [0.29, 0.717) is 19.8 Å². The van der Waals surface area contributed by atoms with Crippen molar-refractivity contribution < 1.29 is 19.0 Å². The molecule has 0 saturated heterocycles. The highest BCUT2D eigenvalue weighted by Crippen LogP contribution is 2.27. The van der Waals surface area contributed by atoms with Gasteiger partial charge in [0.15, 0.2) is 0 Å². The molecule has 1 aliphatic rings. The van der Waals surface area contributed by atoms with E-state index in [4.69, 9.17) is 14.2 Å². The first kappa shape index (κ1) is 15.8. The number of esters is 1. The topological polar surface area (TPSA) is 44.8 Å². The molecule has 0 amide bonds. The molecule has 0 aromatic heterocycles. The normalized spacial score (nSPS) is 21.8. The minimum atomic E-state index is -0.0524. The van der Waals surface area contributed by atoms with Gasteiger partial charge < -0.3 is 14.2 Å². The fourth-order valence-electron chi connectivity index (χ4n) is 2.62. The fourth-order valence-corrected chi connectivity index (χ4v) is 2.62. The number of hydrogen-bond donors (Lipinski definition) is 0. The van der Waals surface area contributed by atoms with Crippen LogP contribution in [0, 0.1) is 5.92 Å². The third-order valence-electron chi connectivity index (χ3n) is 3.74. The van der Waals surface area contributed by atoms with E-state index in [2.05, 4.69) is 0 Å². The Kier molecular flexibility index (Phi) is 6.54. The third kappa shape index (κ3) is 5.38. The minimum absolute atomic E-state index is 0.0524. The van der Waals surface area contributed by atoms with Gasteiger partial charge in [0.25, 0.3) is 0 Å². The lowest BCUT2D eigenvalue weighted by Gasteiger charge is -2.27. The molecule has 0 aliphatic heterocycles. The maximum Gasteiger partial charge on any atom is 0.308 e. The van der Waals surface area contributed by atoms with Gasteiger partial charge in [-0.05, 0) is 44.7 Å². The Morgan fingerprint density at radius 2 is 1.81 bits per heavy atom. The van der Waals surface area contributed by atoms with Gasteiger partial charge in [0.05, 0.1) is 25.2 Å². The molecule has 0 N–H and O–H groups in total. The smallest absolute Gasteiger partial charge is 0.308 e. The van der Waals surface area contributed by atoms with Crippen molar-refractivity contribution in [1.29, 1.82) is 0 Å². The van der Waals surface area contributed by atoms with Crippen LogP contribution in [-0.4, -0.2) is 31.9 Å². The molecular weight excluding hydrogens is 268 g/mol. The van der Waals surface area contributed by atoms with E-state index in [1.165, 1.54) is 0 Å². The molecule has 2 rings (SSSR count). The van der Waals surface area contributed by atoms with Gasteiger partial charge in [-0.3, -0.25) is 4.79 Å². The summed E-state index contributed by atoms with van der Waals surface area (Å²) in [4.78, 5) is 11.6. The van der Waals surface area contributed by atoms with Crippen LogP contribution in [0.1, 0.15) is 32.6 Å². The molecule has 0 atom stereocenters. The van der Waals surface area contributed by atoms with Crippen LogP contribution in [0.3, 0.4) is 0 Å². The highest BCUT2D eigenvalue weighted by atomic mass is 16.5. The highest BCUT2D eigenvalue weighted by Gasteiger charge is 2.27. The molecule has 0 spiro atoms. The first-order valence-electron chi connectivity index (χ1n) is 7.75. The Morgan fingerprint density at radius 3 is 2.48 bits per heavy atom. The van der Waals surface area contributed by atoms with Crippen molar-refractivity contribution in [2.45, 2.75) is 38.7 Å². The second-order valence-corrected chi connectivity index (χ2v) is 5.26. The van der Waals surface area contributed by atoms with E-state index in [0.717, 1.165) is 31.4 Å². The molecule has 1 saturated carbocycles. The van der Waals surface area contributed by atoms with Crippen LogP contribution in [0.5, 0.6) is 5.75 Å². The predicted molar refractivity (Wildman–Crippen MR) is 80.3 cm³/mol.